The highest BCUT2D eigenvalue weighted by Gasteiger charge is 2.41. The van der Waals surface area contributed by atoms with Gasteiger partial charge in [-0.05, 0) is 122 Å². The smallest absolute Gasteiger partial charge is 0.268 e. The number of nitrogens with one attached hydrogen (secondary N) is 2. The largest absolute Gasteiger partial charge is 0.351 e. The highest BCUT2D eigenvalue weighted by molar-refractivity contribution is 9.10. The van der Waals surface area contributed by atoms with Gasteiger partial charge in [-0.2, -0.15) is 11.1 Å². The van der Waals surface area contributed by atoms with Crippen LogP contribution < -0.4 is 34.9 Å². The van der Waals surface area contributed by atoms with Gasteiger partial charge in [0.25, 0.3) is 31.9 Å². The normalized spacial score (nSPS) is 17.4. The molecule has 0 spiro atoms. The third-order valence-electron chi connectivity index (χ3n) is 13.0. The number of pyridine rings is 2. The van der Waals surface area contributed by atoms with Crippen molar-refractivity contribution in [2.24, 2.45) is 11.8 Å². The molecule has 0 radical (unpaired) electrons. The number of rotatable bonds is 11. The first-order valence-corrected chi connectivity index (χ1v) is 34.7. The zero-order valence-electron chi connectivity index (χ0n) is 42.7. The first kappa shape index (κ1) is 56.1. The summed E-state index contributed by atoms with van der Waals surface area (Å²) >= 11 is 9.55. The summed E-state index contributed by atoms with van der Waals surface area (Å²) in [5.74, 6) is 0.554. The molecule has 8 rings (SSSR count). The highest BCUT2D eigenvalue weighted by atomic mass is 79.9. The Bertz CT molecular complexity index is 3080. The maximum absolute atomic E-state index is 13.4. The van der Waals surface area contributed by atoms with E-state index in [0.717, 1.165) is 31.2 Å². The summed E-state index contributed by atoms with van der Waals surface area (Å²) in [6.07, 6.45) is 1.92. The quantitative estimate of drug-likeness (QED) is 0.0727. The maximum atomic E-state index is 13.4. The Morgan fingerprint density at radius 2 is 0.931 bits per heavy atom. The van der Waals surface area contributed by atoms with Gasteiger partial charge in [-0.3, -0.25) is 9.59 Å². The number of anilines is 2. The van der Waals surface area contributed by atoms with Crippen LogP contribution in [-0.2, 0) is 20.0 Å². The van der Waals surface area contributed by atoms with Gasteiger partial charge in [-0.15, -0.1) is 0 Å². The molecule has 2 amide bonds. The first-order chi connectivity index (χ1) is 33.6. The molecule has 2 N–H and O–H groups in total. The monoisotopic (exact) mass is 1130 g/mol. The van der Waals surface area contributed by atoms with Crippen LogP contribution in [0.3, 0.4) is 0 Å². The molecule has 18 heteroatoms. The number of carbonyl (C=O) groups excluding carboxylic acids is 2. The van der Waals surface area contributed by atoms with E-state index in [9.17, 15) is 26.4 Å². The molecule has 2 aliphatic rings. The van der Waals surface area contributed by atoms with Crippen LogP contribution in [-0.4, -0.2) is 78.2 Å². The molecule has 6 aromatic rings. The molecule has 2 fully saturated rings. The second-order valence-electron chi connectivity index (χ2n) is 20.9. The molecule has 2 saturated heterocycles. The first-order valence-electron chi connectivity index (χ1n) is 23.9. The Balaban J connectivity index is 0.000000202. The lowest BCUT2D eigenvalue weighted by Gasteiger charge is -2.35. The Hall–Kier alpha value is -5.18. The summed E-state index contributed by atoms with van der Waals surface area (Å²) in [4.78, 5) is 40.1. The van der Waals surface area contributed by atoms with Gasteiger partial charge < -0.3 is 9.80 Å². The van der Waals surface area contributed by atoms with Gasteiger partial charge in [0.2, 0.25) is 0 Å². The molecule has 2 aliphatic heterocycles. The maximum Gasteiger partial charge on any atom is 0.268 e. The van der Waals surface area contributed by atoms with Gasteiger partial charge in [-0.25, -0.2) is 36.2 Å². The van der Waals surface area contributed by atoms with Crippen LogP contribution in [0.25, 0.3) is 0 Å². The Labute approximate surface area is 442 Å². The van der Waals surface area contributed by atoms with Gasteiger partial charge >= 0.3 is 0 Å². The molecule has 382 valence electrons. The van der Waals surface area contributed by atoms with Crippen molar-refractivity contribution in [1.82, 2.24) is 19.4 Å². The van der Waals surface area contributed by atoms with Gasteiger partial charge in [0.1, 0.15) is 24.3 Å². The van der Waals surface area contributed by atoms with Crippen LogP contribution in [0.5, 0.6) is 0 Å². The number of nitrogens with zero attached hydrogens (tertiary/aromatic N) is 4. The van der Waals surface area contributed by atoms with E-state index in [2.05, 4.69) is 132 Å². The average Bonchev–Trinajstić information content (AvgIpc) is 3.78. The molecule has 0 unspecified atom stereocenters. The number of carbonyl (C=O) groups is 2. The van der Waals surface area contributed by atoms with E-state index in [1.807, 2.05) is 42.5 Å². The van der Waals surface area contributed by atoms with Crippen molar-refractivity contribution in [2.45, 2.75) is 101 Å². The van der Waals surface area contributed by atoms with Crippen molar-refractivity contribution in [3.05, 3.63) is 161 Å². The summed E-state index contributed by atoms with van der Waals surface area (Å²) in [5.41, 5.74) is 0.116. The molecule has 0 saturated carbocycles. The SMILES string of the molecule is C[C@@H]1CN(c2nc(Br)ccc2C(=O)NS(=O)(=O)c2ccccc2)C(C)(C)C1.C[C@@H]1CN(c2nc([Si](C)(C)c3ccccc3)ccc2C(=O)NS(=O)(=O)c2ccccc2)C(C)(C)C1.C[Si](C)(Cl)c1ccccc1. The molecular formula is C54H66BrClN6O6S2Si2. The number of sulfonamides is 2. The van der Waals surface area contributed by atoms with E-state index >= 15 is 0 Å². The number of aromatic nitrogens is 2. The van der Waals surface area contributed by atoms with Gasteiger partial charge in [0.15, 0.2) is 7.38 Å². The Morgan fingerprint density at radius 1 is 0.569 bits per heavy atom. The zero-order valence-corrected chi connectivity index (χ0v) is 48.6. The fraction of sp³-hybridized carbons (Fsp3) is 0.333. The summed E-state index contributed by atoms with van der Waals surface area (Å²) in [5, 5.41) is 3.50. The van der Waals surface area contributed by atoms with E-state index in [1.165, 1.54) is 34.6 Å². The molecule has 0 bridgehead atoms. The Morgan fingerprint density at radius 3 is 1.29 bits per heavy atom. The third kappa shape index (κ3) is 13.7. The van der Waals surface area contributed by atoms with Gasteiger partial charge in [0, 0.05) is 29.5 Å². The third-order valence-corrected chi connectivity index (χ3v) is 21.9. The molecule has 4 heterocycles. The van der Waals surface area contributed by atoms with Gasteiger partial charge in [-0.1, -0.05) is 142 Å². The van der Waals surface area contributed by atoms with E-state index in [-0.39, 0.29) is 32.0 Å². The second kappa shape index (κ2) is 22.5. The second-order valence-corrected chi connectivity index (χ2v) is 35.7. The lowest BCUT2D eigenvalue weighted by molar-refractivity contribution is 0.0972. The van der Waals surface area contributed by atoms with Crippen LogP contribution in [0.2, 0.25) is 26.2 Å². The number of hydrogen-bond donors (Lipinski definition) is 2. The predicted molar refractivity (Wildman–Crippen MR) is 301 cm³/mol. The molecule has 2 atom stereocenters. The number of benzene rings is 4. The number of amides is 2. The standard InChI is InChI=1S/C27H33N3O3SSi.C19H22BrN3O3S.C8H11ClSi/c1-20-18-27(2,3)30(19-20)25-23(26(31)29-34(32,33)21-12-8-6-9-13-21)16-17-24(28-25)35(4,5)22-14-10-7-11-15-22;1-13-11-19(2,3)23(12-13)17-15(9-10-16(20)21-17)18(24)22-27(25,26)14-7-5-4-6-8-14;1-10(2,9)8-6-4-3-5-7-8/h6-17,20H,18-19H2,1-5H3,(H,29,31);4-10,13H,11-12H2,1-3H3,(H,22,24);3-7H,1-2H3/t20-;13-;/m00./s1. The van der Waals surface area contributed by atoms with E-state index in [1.54, 1.807) is 54.6 Å². The number of hydrogen-bond acceptors (Lipinski definition) is 10. The van der Waals surface area contributed by atoms with Gasteiger partial charge in [0.05, 0.1) is 20.9 Å². The summed E-state index contributed by atoms with van der Waals surface area (Å²) in [6.45, 7) is 23.1. The average molecular weight is 1130 g/mol. The molecular weight excluding hydrogens is 1060 g/mol. The van der Waals surface area contributed by atoms with Crippen LogP contribution in [0, 0.1) is 11.8 Å². The molecule has 0 aliphatic carbocycles. The fourth-order valence-electron chi connectivity index (χ4n) is 9.42. The van der Waals surface area contributed by atoms with Crippen LogP contribution in [0.15, 0.2) is 160 Å². The summed E-state index contributed by atoms with van der Waals surface area (Å²) in [7, 11) is -11.7. The minimum Gasteiger partial charge on any atom is -0.351 e. The summed E-state index contributed by atoms with van der Waals surface area (Å²) < 4.78 is 55.8. The molecule has 4 aromatic carbocycles. The van der Waals surface area contributed by atoms with Crippen molar-refractivity contribution in [3.63, 3.8) is 0 Å². The van der Waals surface area contributed by atoms with Crippen LogP contribution in [0.4, 0.5) is 11.6 Å². The molecule has 2 aromatic heterocycles. The zero-order chi connectivity index (χ0) is 52.9. The fourth-order valence-corrected chi connectivity index (χ4v) is 15.3. The van der Waals surface area contributed by atoms with Crippen LogP contribution in [0.1, 0.15) is 75.1 Å². The molecule has 72 heavy (non-hydrogen) atoms. The highest BCUT2D eigenvalue weighted by Crippen LogP contribution is 2.39. The number of halogens is 2. The minimum atomic E-state index is -4.01. The van der Waals surface area contributed by atoms with Crippen molar-refractivity contribution in [3.8, 4) is 0 Å². The van der Waals surface area contributed by atoms with Crippen molar-refractivity contribution < 1.29 is 26.4 Å². The summed E-state index contributed by atoms with van der Waals surface area (Å²) in [6, 6.07) is 43.2. The minimum absolute atomic E-state index is 0.0418. The van der Waals surface area contributed by atoms with Crippen LogP contribution >= 0.6 is 27.0 Å². The van der Waals surface area contributed by atoms with E-state index in [0.29, 0.717) is 28.1 Å². The lowest BCUT2D eigenvalue weighted by Crippen LogP contribution is -2.55. The molecule has 12 nitrogen and oxygen atoms in total. The lowest BCUT2D eigenvalue weighted by atomic mass is 9.97. The van der Waals surface area contributed by atoms with E-state index in [4.69, 9.17) is 16.1 Å². The topological polar surface area (TPSA) is 159 Å². The van der Waals surface area contributed by atoms with Crippen molar-refractivity contribution in [2.75, 3.05) is 22.9 Å². The van der Waals surface area contributed by atoms with Crippen molar-refractivity contribution >= 4 is 102 Å². The Kier molecular flexibility index (Phi) is 17.6. The van der Waals surface area contributed by atoms with Crippen molar-refractivity contribution in [1.29, 1.82) is 0 Å². The predicted octanol–water partition coefficient (Wildman–Crippen LogP) is 9.57. The van der Waals surface area contributed by atoms with E-state index < -0.39 is 47.3 Å².